The lowest BCUT2D eigenvalue weighted by molar-refractivity contribution is -0.125. The molecular formula is C17H24O2. The zero-order valence-corrected chi connectivity index (χ0v) is 12.2. The first-order chi connectivity index (χ1) is 8.97. The number of benzene rings is 1. The molecule has 0 radical (unpaired) electrons. The summed E-state index contributed by atoms with van der Waals surface area (Å²) in [5.74, 6) is 0.572. The Labute approximate surface area is 116 Å². The van der Waals surface area contributed by atoms with Crippen molar-refractivity contribution in [3.8, 4) is 0 Å². The lowest BCUT2D eigenvalue weighted by Crippen LogP contribution is -2.24. The minimum absolute atomic E-state index is 0.170. The van der Waals surface area contributed by atoms with Gasteiger partial charge in [0.1, 0.15) is 5.78 Å². The van der Waals surface area contributed by atoms with Crippen molar-refractivity contribution in [1.82, 2.24) is 0 Å². The molecule has 1 fully saturated rings. The number of carbonyl (C=O) groups excluding carboxylic acids is 1. The molecule has 0 bridgehead atoms. The quantitative estimate of drug-likeness (QED) is 0.831. The van der Waals surface area contributed by atoms with Crippen molar-refractivity contribution in [2.24, 2.45) is 5.92 Å². The molecule has 19 heavy (non-hydrogen) atoms. The zero-order valence-electron chi connectivity index (χ0n) is 12.2. The predicted molar refractivity (Wildman–Crippen MR) is 77.4 cm³/mol. The van der Waals surface area contributed by atoms with E-state index in [0.29, 0.717) is 12.2 Å². The van der Waals surface area contributed by atoms with Gasteiger partial charge in [0.25, 0.3) is 0 Å². The number of ketones is 1. The van der Waals surface area contributed by atoms with Gasteiger partial charge in [-0.1, -0.05) is 45.0 Å². The summed E-state index contributed by atoms with van der Waals surface area (Å²) in [7, 11) is 0. The second kappa shape index (κ2) is 5.87. The highest BCUT2D eigenvalue weighted by atomic mass is 16.5. The van der Waals surface area contributed by atoms with E-state index >= 15 is 0 Å². The number of hydrogen-bond acceptors (Lipinski definition) is 2. The van der Waals surface area contributed by atoms with Crippen LogP contribution in [0, 0.1) is 5.92 Å². The highest BCUT2D eigenvalue weighted by molar-refractivity contribution is 5.83. The summed E-state index contributed by atoms with van der Waals surface area (Å²) in [6.45, 7) is 8.08. The van der Waals surface area contributed by atoms with Gasteiger partial charge in [-0.05, 0) is 29.4 Å². The van der Waals surface area contributed by atoms with Crippen molar-refractivity contribution in [2.45, 2.75) is 45.4 Å². The Hall–Kier alpha value is -1.15. The Balaban J connectivity index is 1.97. The summed E-state index contributed by atoms with van der Waals surface area (Å²) in [5, 5.41) is 0. The largest absolute Gasteiger partial charge is 0.381 e. The van der Waals surface area contributed by atoms with Gasteiger partial charge >= 0.3 is 0 Å². The molecule has 2 rings (SSSR count). The highest BCUT2D eigenvalue weighted by Crippen LogP contribution is 2.23. The smallest absolute Gasteiger partial charge is 0.140 e. The van der Waals surface area contributed by atoms with Crippen LogP contribution in [0.25, 0.3) is 0 Å². The summed E-state index contributed by atoms with van der Waals surface area (Å²) in [4.78, 5) is 12.2. The lowest BCUT2D eigenvalue weighted by atomic mass is 9.85. The van der Waals surface area contributed by atoms with Gasteiger partial charge in [-0.2, -0.15) is 0 Å². The summed E-state index contributed by atoms with van der Waals surface area (Å²) in [6, 6.07) is 8.48. The topological polar surface area (TPSA) is 26.3 Å². The Morgan fingerprint density at radius 1 is 1.16 bits per heavy atom. The SMILES string of the molecule is CC(C)(C)c1ccc(CC(=O)C2CCOCC2)cc1. The molecule has 0 saturated carbocycles. The van der Waals surface area contributed by atoms with Gasteiger partial charge in [-0.25, -0.2) is 0 Å². The second-order valence-corrected chi connectivity index (χ2v) is 6.48. The van der Waals surface area contributed by atoms with Gasteiger partial charge < -0.3 is 4.74 Å². The zero-order chi connectivity index (χ0) is 13.9. The Morgan fingerprint density at radius 3 is 2.26 bits per heavy atom. The van der Waals surface area contributed by atoms with E-state index in [1.165, 1.54) is 5.56 Å². The maximum atomic E-state index is 12.2. The van der Waals surface area contributed by atoms with E-state index in [-0.39, 0.29) is 11.3 Å². The van der Waals surface area contributed by atoms with Crippen LogP contribution in [0.4, 0.5) is 0 Å². The Bertz CT molecular complexity index is 420. The number of ether oxygens (including phenoxy) is 1. The van der Waals surface area contributed by atoms with E-state index in [1.807, 2.05) is 0 Å². The first kappa shape index (κ1) is 14.3. The van der Waals surface area contributed by atoms with E-state index in [9.17, 15) is 4.79 Å². The maximum absolute atomic E-state index is 12.2. The monoisotopic (exact) mass is 260 g/mol. The van der Waals surface area contributed by atoms with Crippen LogP contribution in [0.2, 0.25) is 0 Å². The Morgan fingerprint density at radius 2 is 1.74 bits per heavy atom. The second-order valence-electron chi connectivity index (χ2n) is 6.48. The van der Waals surface area contributed by atoms with Crippen LogP contribution in [0.3, 0.4) is 0 Å². The van der Waals surface area contributed by atoms with Crippen LogP contribution in [-0.4, -0.2) is 19.0 Å². The molecule has 1 heterocycles. The van der Waals surface area contributed by atoms with Crippen molar-refractivity contribution in [3.05, 3.63) is 35.4 Å². The Kier molecular flexibility index (Phi) is 4.41. The fourth-order valence-corrected chi connectivity index (χ4v) is 2.49. The van der Waals surface area contributed by atoms with E-state index in [0.717, 1.165) is 31.6 Å². The number of rotatable bonds is 3. The maximum Gasteiger partial charge on any atom is 0.140 e. The fourth-order valence-electron chi connectivity index (χ4n) is 2.49. The number of carbonyl (C=O) groups is 1. The molecule has 1 aromatic rings. The molecule has 1 saturated heterocycles. The third-order valence-electron chi connectivity index (χ3n) is 3.87. The van der Waals surface area contributed by atoms with Crippen molar-refractivity contribution in [2.75, 3.05) is 13.2 Å². The van der Waals surface area contributed by atoms with Gasteiger partial charge in [0.2, 0.25) is 0 Å². The molecule has 0 atom stereocenters. The third kappa shape index (κ3) is 3.90. The van der Waals surface area contributed by atoms with Gasteiger partial charge in [0.15, 0.2) is 0 Å². The van der Waals surface area contributed by atoms with Crippen molar-refractivity contribution >= 4 is 5.78 Å². The van der Waals surface area contributed by atoms with Crippen LogP contribution < -0.4 is 0 Å². The summed E-state index contributed by atoms with van der Waals surface area (Å²) >= 11 is 0. The molecule has 104 valence electrons. The van der Waals surface area contributed by atoms with Crippen molar-refractivity contribution < 1.29 is 9.53 Å². The van der Waals surface area contributed by atoms with Crippen molar-refractivity contribution in [1.29, 1.82) is 0 Å². The van der Waals surface area contributed by atoms with E-state index in [4.69, 9.17) is 4.74 Å². The van der Waals surface area contributed by atoms with Crippen molar-refractivity contribution in [3.63, 3.8) is 0 Å². The number of Topliss-reactive ketones (excluding diaryl/α,β-unsaturated/α-hetero) is 1. The molecule has 0 amide bonds. The van der Waals surface area contributed by atoms with Gasteiger partial charge in [-0.15, -0.1) is 0 Å². The van der Waals surface area contributed by atoms with Crippen LogP contribution in [0.5, 0.6) is 0 Å². The highest BCUT2D eigenvalue weighted by Gasteiger charge is 2.21. The summed E-state index contributed by atoms with van der Waals surface area (Å²) in [5.41, 5.74) is 2.61. The molecule has 1 aliphatic heterocycles. The number of hydrogen-bond donors (Lipinski definition) is 0. The van der Waals surface area contributed by atoms with Gasteiger partial charge in [-0.3, -0.25) is 4.79 Å². The van der Waals surface area contributed by atoms with E-state index in [2.05, 4.69) is 45.0 Å². The molecule has 0 aliphatic carbocycles. The molecule has 0 aromatic heterocycles. The van der Waals surface area contributed by atoms with Crippen LogP contribution in [0.1, 0.15) is 44.7 Å². The molecule has 1 aromatic carbocycles. The first-order valence-electron chi connectivity index (χ1n) is 7.17. The lowest BCUT2D eigenvalue weighted by Gasteiger charge is -2.21. The molecule has 2 heteroatoms. The molecule has 1 aliphatic rings. The standard InChI is InChI=1S/C17H24O2/c1-17(2,3)15-6-4-13(5-7-15)12-16(18)14-8-10-19-11-9-14/h4-7,14H,8-12H2,1-3H3. The average molecular weight is 260 g/mol. The molecule has 0 N–H and O–H groups in total. The van der Waals surface area contributed by atoms with E-state index < -0.39 is 0 Å². The molecule has 0 spiro atoms. The fraction of sp³-hybridized carbons (Fsp3) is 0.588. The summed E-state index contributed by atoms with van der Waals surface area (Å²) in [6.07, 6.45) is 2.34. The summed E-state index contributed by atoms with van der Waals surface area (Å²) < 4.78 is 5.30. The minimum Gasteiger partial charge on any atom is -0.381 e. The molecule has 0 unspecified atom stereocenters. The van der Waals surface area contributed by atoms with E-state index in [1.54, 1.807) is 0 Å². The van der Waals surface area contributed by atoms with Gasteiger partial charge in [0, 0.05) is 25.6 Å². The molecule has 2 nitrogen and oxygen atoms in total. The third-order valence-corrected chi connectivity index (χ3v) is 3.87. The van der Waals surface area contributed by atoms with Gasteiger partial charge in [0.05, 0.1) is 0 Å². The van der Waals surface area contributed by atoms with Crippen LogP contribution >= 0.6 is 0 Å². The first-order valence-corrected chi connectivity index (χ1v) is 7.17. The molecular weight excluding hydrogens is 236 g/mol. The minimum atomic E-state index is 0.170. The average Bonchev–Trinajstić information content (AvgIpc) is 2.39. The normalized spacial score (nSPS) is 17.4. The van der Waals surface area contributed by atoms with Crippen LogP contribution in [-0.2, 0) is 21.4 Å². The predicted octanol–water partition coefficient (Wildman–Crippen LogP) is 3.52. The van der Waals surface area contributed by atoms with Crippen LogP contribution in [0.15, 0.2) is 24.3 Å².